The van der Waals surface area contributed by atoms with Crippen molar-refractivity contribution in [3.8, 4) is 11.5 Å². The molecule has 0 aliphatic carbocycles. The standard InChI is InChI=1S/C23H32N4O3/c1-29-19-6-7-22(30-2)18(15-19)16-25-10-8-20(21(28)17-25)26-11-13-27(14-12-26)23-5-3-4-9-24-23/h3-7,9,15,20-21,28H,8,10-14,16-17H2,1-2H3/t20-,21-/m1/s1. The van der Waals surface area contributed by atoms with E-state index in [9.17, 15) is 5.11 Å². The summed E-state index contributed by atoms with van der Waals surface area (Å²) in [6.45, 7) is 6.20. The van der Waals surface area contributed by atoms with Gasteiger partial charge in [-0.05, 0) is 36.8 Å². The molecule has 2 saturated heterocycles. The minimum absolute atomic E-state index is 0.222. The number of nitrogens with zero attached hydrogens (tertiary/aromatic N) is 4. The smallest absolute Gasteiger partial charge is 0.128 e. The van der Waals surface area contributed by atoms with Crippen LogP contribution in [-0.2, 0) is 6.54 Å². The molecule has 162 valence electrons. The van der Waals surface area contributed by atoms with Crippen LogP contribution in [0, 0.1) is 0 Å². The molecular formula is C23H32N4O3. The van der Waals surface area contributed by atoms with E-state index in [1.807, 2.05) is 36.5 Å². The fourth-order valence-electron chi connectivity index (χ4n) is 4.62. The predicted octanol–water partition coefficient (Wildman–Crippen LogP) is 1.86. The number of aliphatic hydroxyl groups is 1. The average Bonchev–Trinajstić information content (AvgIpc) is 2.80. The van der Waals surface area contributed by atoms with E-state index in [1.165, 1.54) is 0 Å². The van der Waals surface area contributed by atoms with E-state index in [1.54, 1.807) is 14.2 Å². The van der Waals surface area contributed by atoms with Crippen molar-refractivity contribution in [3.63, 3.8) is 0 Å². The van der Waals surface area contributed by atoms with E-state index in [4.69, 9.17) is 9.47 Å². The molecule has 0 spiro atoms. The topological polar surface area (TPSA) is 61.3 Å². The van der Waals surface area contributed by atoms with Crippen molar-refractivity contribution in [2.45, 2.75) is 25.1 Å². The van der Waals surface area contributed by atoms with Crippen LogP contribution in [0.3, 0.4) is 0 Å². The number of hydrogen-bond acceptors (Lipinski definition) is 7. The summed E-state index contributed by atoms with van der Waals surface area (Å²) >= 11 is 0. The highest BCUT2D eigenvalue weighted by molar-refractivity contribution is 5.40. The summed E-state index contributed by atoms with van der Waals surface area (Å²) in [5, 5.41) is 10.9. The molecule has 2 aromatic rings. The maximum Gasteiger partial charge on any atom is 0.128 e. The Hall–Kier alpha value is -2.35. The predicted molar refractivity (Wildman–Crippen MR) is 117 cm³/mol. The second-order valence-corrected chi connectivity index (χ2v) is 8.05. The van der Waals surface area contributed by atoms with Crippen LogP contribution in [0.2, 0.25) is 0 Å². The van der Waals surface area contributed by atoms with E-state index in [-0.39, 0.29) is 12.1 Å². The van der Waals surface area contributed by atoms with Crippen LogP contribution in [0.25, 0.3) is 0 Å². The number of pyridine rings is 1. The SMILES string of the molecule is COc1ccc(OC)c(CN2CC[C@@H](N3CCN(c4ccccn4)CC3)[C@H](O)C2)c1. The molecule has 2 aliphatic heterocycles. The lowest BCUT2D eigenvalue weighted by Gasteiger charge is -2.45. The molecule has 2 atom stereocenters. The minimum atomic E-state index is -0.350. The van der Waals surface area contributed by atoms with Gasteiger partial charge in [0, 0.05) is 63.6 Å². The van der Waals surface area contributed by atoms with Gasteiger partial charge in [0.15, 0.2) is 0 Å². The van der Waals surface area contributed by atoms with Crippen molar-refractivity contribution in [3.05, 3.63) is 48.2 Å². The number of piperazine rings is 1. The fourth-order valence-corrected chi connectivity index (χ4v) is 4.62. The summed E-state index contributed by atoms with van der Waals surface area (Å²) < 4.78 is 10.9. The number of rotatable bonds is 6. The van der Waals surface area contributed by atoms with E-state index < -0.39 is 0 Å². The Morgan fingerprint density at radius 3 is 2.53 bits per heavy atom. The summed E-state index contributed by atoms with van der Waals surface area (Å²) in [6, 6.07) is 12.1. The highest BCUT2D eigenvalue weighted by atomic mass is 16.5. The molecule has 0 amide bonds. The van der Waals surface area contributed by atoms with Crippen molar-refractivity contribution in [2.75, 3.05) is 58.4 Å². The molecule has 0 bridgehead atoms. The minimum Gasteiger partial charge on any atom is -0.497 e. The van der Waals surface area contributed by atoms with Gasteiger partial charge in [0.1, 0.15) is 17.3 Å². The first kappa shape index (κ1) is 20.9. The summed E-state index contributed by atoms with van der Waals surface area (Å²) in [4.78, 5) is 11.5. The van der Waals surface area contributed by atoms with Gasteiger partial charge in [-0.1, -0.05) is 6.07 Å². The first-order valence-electron chi connectivity index (χ1n) is 10.7. The second-order valence-electron chi connectivity index (χ2n) is 8.05. The number of ether oxygens (including phenoxy) is 2. The Bertz CT molecular complexity index is 811. The molecule has 2 aliphatic rings. The van der Waals surface area contributed by atoms with Crippen molar-refractivity contribution in [1.82, 2.24) is 14.8 Å². The highest BCUT2D eigenvalue weighted by Gasteiger charge is 2.34. The van der Waals surface area contributed by atoms with Crippen LogP contribution in [0.5, 0.6) is 11.5 Å². The maximum absolute atomic E-state index is 10.9. The summed E-state index contributed by atoms with van der Waals surface area (Å²) in [6.07, 6.45) is 2.46. The van der Waals surface area contributed by atoms with E-state index in [0.29, 0.717) is 6.54 Å². The van der Waals surface area contributed by atoms with Gasteiger partial charge in [0.25, 0.3) is 0 Å². The van der Waals surface area contributed by atoms with Crippen LogP contribution in [-0.4, -0.2) is 85.5 Å². The van der Waals surface area contributed by atoms with E-state index >= 15 is 0 Å². The normalized spacial score (nSPS) is 23.4. The van der Waals surface area contributed by atoms with Crippen molar-refractivity contribution < 1.29 is 14.6 Å². The molecule has 2 fully saturated rings. The third-order valence-corrected chi connectivity index (χ3v) is 6.27. The third-order valence-electron chi connectivity index (χ3n) is 6.27. The Morgan fingerprint density at radius 2 is 1.87 bits per heavy atom. The largest absolute Gasteiger partial charge is 0.497 e. The number of β-amino-alcohol motifs (C(OH)–C–C–N with tert-alkyl or cyclic N) is 1. The lowest BCUT2D eigenvalue weighted by atomic mass is 9.98. The van der Waals surface area contributed by atoms with Crippen molar-refractivity contribution in [1.29, 1.82) is 0 Å². The van der Waals surface area contributed by atoms with Gasteiger partial charge in [-0.15, -0.1) is 0 Å². The third kappa shape index (κ3) is 4.69. The van der Waals surface area contributed by atoms with E-state index in [2.05, 4.69) is 25.8 Å². The Kier molecular flexibility index (Phi) is 6.72. The summed E-state index contributed by atoms with van der Waals surface area (Å²) in [5.74, 6) is 2.73. The summed E-state index contributed by atoms with van der Waals surface area (Å²) in [7, 11) is 3.37. The van der Waals surface area contributed by atoms with Crippen LogP contribution in [0.1, 0.15) is 12.0 Å². The lowest BCUT2D eigenvalue weighted by molar-refractivity contribution is -0.0173. The number of methoxy groups -OCH3 is 2. The molecule has 7 nitrogen and oxygen atoms in total. The molecule has 3 heterocycles. The van der Waals surface area contributed by atoms with Gasteiger partial charge in [-0.2, -0.15) is 0 Å². The summed E-state index contributed by atoms with van der Waals surface area (Å²) in [5.41, 5.74) is 1.09. The molecule has 0 saturated carbocycles. The first-order valence-corrected chi connectivity index (χ1v) is 10.7. The van der Waals surface area contributed by atoms with Crippen molar-refractivity contribution >= 4 is 5.82 Å². The molecule has 1 N–H and O–H groups in total. The molecular weight excluding hydrogens is 380 g/mol. The van der Waals surface area contributed by atoms with Gasteiger partial charge in [0.2, 0.25) is 0 Å². The number of piperidine rings is 1. The van der Waals surface area contributed by atoms with Gasteiger partial charge in [-0.25, -0.2) is 4.98 Å². The molecule has 1 aromatic heterocycles. The second kappa shape index (κ2) is 9.64. The fraction of sp³-hybridized carbons (Fsp3) is 0.522. The highest BCUT2D eigenvalue weighted by Crippen LogP contribution is 2.27. The Balaban J connectivity index is 1.32. The van der Waals surface area contributed by atoms with E-state index in [0.717, 1.165) is 68.6 Å². The van der Waals surface area contributed by atoms with Crippen LogP contribution >= 0.6 is 0 Å². The average molecular weight is 413 g/mol. The first-order chi connectivity index (χ1) is 14.7. The van der Waals surface area contributed by atoms with Gasteiger partial charge in [0.05, 0.1) is 20.3 Å². The number of anilines is 1. The quantitative estimate of drug-likeness (QED) is 0.777. The molecule has 7 heteroatoms. The van der Waals surface area contributed by atoms with Gasteiger partial charge < -0.3 is 19.5 Å². The maximum atomic E-state index is 10.9. The lowest BCUT2D eigenvalue weighted by Crippen LogP contribution is -2.58. The van der Waals surface area contributed by atoms with Crippen LogP contribution in [0.15, 0.2) is 42.6 Å². The molecule has 0 radical (unpaired) electrons. The zero-order valence-corrected chi connectivity index (χ0v) is 17.9. The van der Waals surface area contributed by atoms with Crippen molar-refractivity contribution in [2.24, 2.45) is 0 Å². The van der Waals surface area contributed by atoms with Crippen LogP contribution in [0.4, 0.5) is 5.82 Å². The number of likely N-dealkylation sites (tertiary alicyclic amines) is 1. The Labute approximate surface area is 178 Å². The number of aromatic nitrogens is 1. The van der Waals surface area contributed by atoms with Gasteiger partial charge >= 0.3 is 0 Å². The number of benzene rings is 1. The molecule has 1 aromatic carbocycles. The monoisotopic (exact) mass is 412 g/mol. The zero-order chi connectivity index (χ0) is 20.9. The zero-order valence-electron chi connectivity index (χ0n) is 17.9. The molecule has 30 heavy (non-hydrogen) atoms. The molecule has 0 unspecified atom stereocenters. The van der Waals surface area contributed by atoms with Crippen LogP contribution < -0.4 is 14.4 Å². The number of hydrogen-bond donors (Lipinski definition) is 1. The molecule has 4 rings (SSSR count). The van der Waals surface area contributed by atoms with Gasteiger partial charge in [-0.3, -0.25) is 9.80 Å². The number of aliphatic hydroxyl groups excluding tert-OH is 1. The Morgan fingerprint density at radius 1 is 1.03 bits per heavy atom.